The molecule has 0 unspecified atom stereocenters. The predicted octanol–water partition coefficient (Wildman–Crippen LogP) is 2.55. The lowest BCUT2D eigenvalue weighted by atomic mass is 9.32. The van der Waals surface area contributed by atoms with Gasteiger partial charge in [0.15, 0.2) is 0 Å². The second-order valence-corrected chi connectivity index (χ2v) is 10.8. The zero-order chi connectivity index (χ0) is 17.9. The highest BCUT2D eigenvalue weighted by Crippen LogP contribution is 2.78. The minimum atomic E-state index is -0.327. The van der Waals surface area contributed by atoms with Crippen LogP contribution in [0.25, 0.3) is 0 Å². The number of rotatable bonds is 2. The summed E-state index contributed by atoms with van der Waals surface area (Å²) >= 11 is 0. The van der Waals surface area contributed by atoms with E-state index in [0.29, 0.717) is 24.3 Å². The van der Waals surface area contributed by atoms with Crippen molar-refractivity contribution in [2.75, 3.05) is 19.7 Å². The van der Waals surface area contributed by atoms with Crippen molar-refractivity contribution in [3.05, 3.63) is 12.2 Å². The monoisotopic (exact) mass is 359 g/mol. The first kappa shape index (κ1) is 16.5. The maximum absolute atomic E-state index is 11.6. The van der Waals surface area contributed by atoms with Gasteiger partial charge in [0, 0.05) is 29.8 Å². The molecule has 144 valence electrons. The lowest BCUT2D eigenvalue weighted by Crippen LogP contribution is -2.84. The topological polar surface area (TPSA) is 52.9 Å². The van der Waals surface area contributed by atoms with E-state index < -0.39 is 0 Å². The second-order valence-electron chi connectivity index (χ2n) is 10.8. The Morgan fingerprint density at radius 2 is 2.15 bits per heavy atom. The molecule has 5 saturated carbocycles. The molecule has 4 heteroatoms. The number of piperidine rings is 1. The summed E-state index contributed by atoms with van der Waals surface area (Å²) in [5.41, 5.74) is 1.77. The highest BCUT2D eigenvalue weighted by molar-refractivity contribution is 5.30. The number of nitrogens with zero attached hydrogens (tertiary/aromatic N) is 1. The van der Waals surface area contributed by atoms with Gasteiger partial charge < -0.3 is 14.9 Å². The summed E-state index contributed by atoms with van der Waals surface area (Å²) in [5.74, 6) is 1.72. The largest absolute Gasteiger partial charge is 0.395 e. The Morgan fingerprint density at radius 1 is 1.31 bits per heavy atom. The van der Waals surface area contributed by atoms with Gasteiger partial charge >= 0.3 is 0 Å². The molecule has 0 amide bonds. The van der Waals surface area contributed by atoms with Gasteiger partial charge in [-0.15, -0.1) is 0 Å². The highest BCUT2D eigenvalue weighted by atomic mass is 16.5. The summed E-state index contributed by atoms with van der Waals surface area (Å²) in [7, 11) is 0. The number of β-amino-alcohol motifs (C(OH)–C–C–N with tert-alkyl or cyclic N) is 1. The van der Waals surface area contributed by atoms with Crippen LogP contribution in [-0.2, 0) is 4.74 Å². The number of aliphatic hydroxyl groups is 2. The van der Waals surface area contributed by atoms with E-state index in [-0.39, 0.29) is 41.3 Å². The molecule has 0 radical (unpaired) electrons. The van der Waals surface area contributed by atoms with Crippen LogP contribution >= 0.6 is 0 Å². The van der Waals surface area contributed by atoms with E-state index in [0.717, 1.165) is 13.0 Å². The van der Waals surface area contributed by atoms with E-state index in [1.54, 1.807) is 0 Å². The van der Waals surface area contributed by atoms with E-state index in [4.69, 9.17) is 4.74 Å². The van der Waals surface area contributed by atoms with Crippen LogP contribution in [0.3, 0.4) is 0 Å². The van der Waals surface area contributed by atoms with Gasteiger partial charge in [-0.3, -0.25) is 4.90 Å². The van der Waals surface area contributed by atoms with E-state index in [9.17, 15) is 10.2 Å². The molecular weight excluding hydrogens is 326 g/mol. The molecule has 2 N–H and O–H groups in total. The van der Waals surface area contributed by atoms with Crippen LogP contribution in [0.5, 0.6) is 0 Å². The van der Waals surface area contributed by atoms with Gasteiger partial charge in [-0.2, -0.15) is 0 Å². The molecule has 0 aromatic rings. The van der Waals surface area contributed by atoms with Crippen molar-refractivity contribution in [3.63, 3.8) is 0 Å². The SMILES string of the molecule is C=C1C[C@]23CC[C@H]1C[C@H]2[C@@]12CCC[C@@]4(C)CN(CCO)[C@@H]1O[C@@H]3[C@@H](O)[C@H]42. The maximum atomic E-state index is 11.6. The van der Waals surface area contributed by atoms with Gasteiger partial charge in [0.2, 0.25) is 0 Å². The Balaban J connectivity index is 1.55. The first-order valence-corrected chi connectivity index (χ1v) is 10.8. The number of hydrogen-bond acceptors (Lipinski definition) is 4. The van der Waals surface area contributed by atoms with Crippen LogP contribution in [0.2, 0.25) is 0 Å². The Hall–Kier alpha value is -0.420. The van der Waals surface area contributed by atoms with Crippen molar-refractivity contribution >= 4 is 0 Å². The summed E-state index contributed by atoms with van der Waals surface area (Å²) < 4.78 is 6.82. The summed E-state index contributed by atoms with van der Waals surface area (Å²) in [6, 6.07) is 0. The average Bonchev–Trinajstić information content (AvgIpc) is 2.60. The van der Waals surface area contributed by atoms with Gasteiger partial charge in [-0.1, -0.05) is 25.5 Å². The minimum Gasteiger partial charge on any atom is -0.395 e. The second kappa shape index (κ2) is 4.94. The fourth-order valence-corrected chi connectivity index (χ4v) is 9.40. The molecule has 0 aromatic carbocycles. The van der Waals surface area contributed by atoms with Gasteiger partial charge in [-0.05, 0) is 55.8 Å². The predicted molar refractivity (Wildman–Crippen MR) is 98.2 cm³/mol. The fraction of sp³-hybridized carbons (Fsp3) is 0.909. The third-order valence-electron chi connectivity index (χ3n) is 9.88. The van der Waals surface area contributed by atoms with Crippen LogP contribution in [0.15, 0.2) is 12.2 Å². The van der Waals surface area contributed by atoms with Crippen molar-refractivity contribution < 1.29 is 14.9 Å². The number of allylic oxidation sites excluding steroid dienone is 1. The Kier molecular flexibility index (Phi) is 3.14. The van der Waals surface area contributed by atoms with Gasteiger partial charge in [-0.25, -0.2) is 0 Å². The first-order valence-electron chi connectivity index (χ1n) is 10.8. The summed E-state index contributed by atoms with van der Waals surface area (Å²) in [6.45, 7) is 8.69. The minimum absolute atomic E-state index is 0.0405. The van der Waals surface area contributed by atoms with Crippen molar-refractivity contribution in [2.24, 2.45) is 34.0 Å². The van der Waals surface area contributed by atoms with Crippen molar-refractivity contribution in [2.45, 2.75) is 70.3 Å². The molecule has 7 bridgehead atoms. The summed E-state index contributed by atoms with van der Waals surface area (Å²) in [4.78, 5) is 2.44. The Bertz CT molecular complexity index is 666. The number of hydrogen-bond donors (Lipinski definition) is 2. The standard InChI is InChI=1S/C22H33NO3/c1-13-11-21-7-4-14(13)10-15(21)22-6-3-5-20(2)12-23(8-9-24)19(22)26-18(21)16(25)17(20)22/h14-19,24-25H,1,3-12H2,2H3/t14-,15+,16-,17+,18+,19+,20-,21+,22+/m0/s1. The average molecular weight is 360 g/mol. The smallest absolute Gasteiger partial charge is 0.117 e. The molecular formula is C22H33NO3. The number of fused-ring (bicyclic) bond motifs is 2. The van der Waals surface area contributed by atoms with Crippen LogP contribution in [0, 0.1) is 34.0 Å². The summed E-state index contributed by atoms with van der Waals surface area (Å²) in [5, 5.41) is 21.3. The van der Waals surface area contributed by atoms with Crippen LogP contribution in [-0.4, -0.2) is 53.2 Å². The van der Waals surface area contributed by atoms with E-state index in [2.05, 4.69) is 18.4 Å². The Morgan fingerprint density at radius 3 is 2.92 bits per heavy atom. The van der Waals surface area contributed by atoms with E-state index in [1.807, 2.05) is 0 Å². The first-order chi connectivity index (χ1) is 12.5. The molecule has 9 atom stereocenters. The van der Waals surface area contributed by atoms with Gasteiger partial charge in [0.25, 0.3) is 0 Å². The molecule has 8 aliphatic rings. The van der Waals surface area contributed by atoms with Crippen LogP contribution < -0.4 is 0 Å². The molecule has 3 saturated heterocycles. The quantitative estimate of drug-likeness (QED) is 0.744. The highest BCUT2D eigenvalue weighted by Gasteiger charge is 2.79. The van der Waals surface area contributed by atoms with Crippen LogP contribution in [0.4, 0.5) is 0 Å². The number of likely N-dealkylation sites (tertiary alicyclic amines) is 1. The number of ether oxygens (including phenoxy) is 1. The molecule has 8 rings (SSSR count). The molecule has 3 aliphatic heterocycles. The molecule has 3 heterocycles. The lowest BCUT2D eigenvalue weighted by Gasteiger charge is -2.80. The van der Waals surface area contributed by atoms with Crippen LogP contribution in [0.1, 0.15) is 51.9 Å². The molecule has 2 spiro atoms. The van der Waals surface area contributed by atoms with Crippen molar-refractivity contribution in [3.8, 4) is 0 Å². The van der Waals surface area contributed by atoms with Crippen molar-refractivity contribution in [1.82, 2.24) is 4.90 Å². The molecule has 4 nitrogen and oxygen atoms in total. The lowest BCUT2D eigenvalue weighted by molar-refractivity contribution is -0.421. The zero-order valence-electron chi connectivity index (χ0n) is 16.0. The molecule has 8 fully saturated rings. The zero-order valence-corrected chi connectivity index (χ0v) is 16.0. The van der Waals surface area contributed by atoms with Gasteiger partial charge in [0.05, 0.1) is 18.8 Å². The summed E-state index contributed by atoms with van der Waals surface area (Å²) in [6.07, 6.45) is 8.17. The molecule has 0 aromatic heterocycles. The third kappa shape index (κ3) is 1.60. The number of aliphatic hydroxyl groups excluding tert-OH is 2. The fourth-order valence-electron chi connectivity index (χ4n) is 9.40. The molecule has 26 heavy (non-hydrogen) atoms. The maximum Gasteiger partial charge on any atom is 0.117 e. The van der Waals surface area contributed by atoms with E-state index in [1.165, 1.54) is 44.1 Å². The Labute approximate surface area is 156 Å². The normalized spacial score (nSPS) is 60.2. The van der Waals surface area contributed by atoms with E-state index >= 15 is 0 Å². The molecule has 5 aliphatic carbocycles. The third-order valence-corrected chi connectivity index (χ3v) is 9.88. The van der Waals surface area contributed by atoms with Crippen molar-refractivity contribution in [1.29, 1.82) is 0 Å². The van der Waals surface area contributed by atoms with Gasteiger partial charge in [0.1, 0.15) is 6.23 Å².